The minimum atomic E-state index is -0.789. The number of hydrogen-bond donors (Lipinski definition) is 2. The maximum atomic E-state index is 13.4. The molecule has 3 aromatic rings. The molecule has 5 rings (SSSR count). The van der Waals surface area contributed by atoms with Gasteiger partial charge in [0.1, 0.15) is 24.2 Å². The molecule has 2 aromatic carbocycles. The highest BCUT2D eigenvalue weighted by Crippen LogP contribution is 2.37. The molecule has 0 saturated carbocycles. The van der Waals surface area contributed by atoms with E-state index < -0.39 is 6.17 Å². The Kier molecular flexibility index (Phi) is 9.43. The minimum Gasteiger partial charge on any atom is -0.488 e. The first-order valence-electron chi connectivity index (χ1n) is 14.7. The molecule has 2 aliphatic heterocycles. The second-order valence-corrected chi connectivity index (χ2v) is 11.8. The Hall–Kier alpha value is -4.21. The number of pyridine rings is 1. The van der Waals surface area contributed by atoms with Crippen LogP contribution in [0.3, 0.4) is 0 Å². The van der Waals surface area contributed by atoms with Crippen molar-refractivity contribution in [3.05, 3.63) is 83.3 Å². The average Bonchev–Trinajstić information content (AvgIpc) is 3.38. The molecule has 3 N–H and O–H groups in total. The van der Waals surface area contributed by atoms with Crippen molar-refractivity contribution < 1.29 is 13.9 Å². The van der Waals surface area contributed by atoms with Crippen molar-refractivity contribution in [1.29, 1.82) is 0 Å². The number of ether oxygens (including phenoxy) is 1. The van der Waals surface area contributed by atoms with E-state index in [-0.39, 0.29) is 23.6 Å². The average molecular weight is 583 g/mol. The molecule has 1 amide bonds. The van der Waals surface area contributed by atoms with Crippen LogP contribution in [0, 0.1) is 5.41 Å². The summed E-state index contributed by atoms with van der Waals surface area (Å²) in [6.45, 7) is 9.11. The number of hydrogen-bond acceptors (Lipinski definition) is 7. The maximum Gasteiger partial charge on any atom is 0.269 e. The van der Waals surface area contributed by atoms with Crippen LogP contribution in [0.2, 0.25) is 0 Å². The van der Waals surface area contributed by atoms with Crippen molar-refractivity contribution in [3.8, 4) is 5.75 Å². The Bertz CT molecular complexity index is 1600. The van der Waals surface area contributed by atoms with E-state index in [0.717, 1.165) is 39.1 Å². The Labute approximate surface area is 252 Å². The van der Waals surface area contributed by atoms with Crippen molar-refractivity contribution in [3.63, 3.8) is 0 Å². The number of benzene rings is 2. The summed E-state index contributed by atoms with van der Waals surface area (Å²) in [6, 6.07) is 16.0. The highest BCUT2D eigenvalue weighted by molar-refractivity contribution is 6.15. The number of fused-ring (bicyclic) bond motifs is 1. The van der Waals surface area contributed by atoms with Gasteiger partial charge in [-0.2, -0.15) is 0 Å². The number of alkyl halides is 1. The van der Waals surface area contributed by atoms with E-state index in [2.05, 4.69) is 60.3 Å². The minimum absolute atomic E-state index is 0.0249. The Morgan fingerprint density at radius 2 is 2.00 bits per heavy atom. The zero-order valence-corrected chi connectivity index (χ0v) is 25.0. The monoisotopic (exact) mass is 582 g/mol. The van der Waals surface area contributed by atoms with Crippen LogP contribution in [-0.4, -0.2) is 66.6 Å². The second-order valence-electron chi connectivity index (χ2n) is 11.8. The SMILES string of the molecule is CC(C)(C)C1=NC(c2ccc(OCc3ccnc(C=C(N=CCN)C(=O)NCCN4CCC(F)C4)c3)c3ccccc23)=C1. The van der Waals surface area contributed by atoms with E-state index in [0.29, 0.717) is 44.9 Å². The highest BCUT2D eigenvalue weighted by Gasteiger charge is 2.25. The molecule has 0 radical (unpaired) electrons. The summed E-state index contributed by atoms with van der Waals surface area (Å²) >= 11 is 0. The van der Waals surface area contributed by atoms with Gasteiger partial charge in [-0.05, 0) is 53.8 Å². The molecule has 1 aromatic heterocycles. The molecule has 9 heteroatoms. The van der Waals surface area contributed by atoms with Crippen LogP contribution < -0.4 is 15.8 Å². The predicted molar refractivity (Wildman–Crippen MR) is 172 cm³/mol. The lowest BCUT2D eigenvalue weighted by Gasteiger charge is -2.26. The Morgan fingerprint density at radius 1 is 1.21 bits per heavy atom. The summed E-state index contributed by atoms with van der Waals surface area (Å²) < 4.78 is 19.7. The van der Waals surface area contributed by atoms with Crippen LogP contribution in [0.4, 0.5) is 4.39 Å². The largest absolute Gasteiger partial charge is 0.488 e. The van der Waals surface area contributed by atoms with Crippen molar-refractivity contribution in [2.75, 3.05) is 32.7 Å². The van der Waals surface area contributed by atoms with Crippen LogP contribution in [0.1, 0.15) is 44.0 Å². The van der Waals surface area contributed by atoms with Gasteiger partial charge in [0, 0.05) is 67.2 Å². The molecule has 0 aliphatic carbocycles. The highest BCUT2D eigenvalue weighted by atomic mass is 19.1. The molecule has 0 bridgehead atoms. The molecule has 0 spiro atoms. The fraction of sp³-hybridized carbons (Fsp3) is 0.353. The molecule has 1 unspecified atom stereocenters. The summed E-state index contributed by atoms with van der Waals surface area (Å²) in [5, 5.41) is 4.97. The van der Waals surface area contributed by atoms with Crippen molar-refractivity contribution in [2.45, 2.75) is 40.0 Å². The third-order valence-electron chi connectivity index (χ3n) is 7.46. The lowest BCUT2D eigenvalue weighted by atomic mass is 9.85. The summed E-state index contributed by atoms with van der Waals surface area (Å²) in [5.74, 6) is 0.439. The molecule has 1 atom stereocenters. The number of likely N-dealkylation sites (tertiary alicyclic amines) is 1. The maximum absolute atomic E-state index is 13.4. The Morgan fingerprint density at radius 3 is 2.72 bits per heavy atom. The number of nitrogens with one attached hydrogen (secondary N) is 1. The van der Waals surface area contributed by atoms with E-state index in [9.17, 15) is 9.18 Å². The first-order valence-corrected chi connectivity index (χ1v) is 14.7. The van der Waals surface area contributed by atoms with Gasteiger partial charge in [-0.15, -0.1) is 0 Å². The molecular formula is C34H39FN6O2. The Balaban J connectivity index is 1.27. The van der Waals surface area contributed by atoms with Gasteiger partial charge < -0.3 is 15.8 Å². The summed E-state index contributed by atoms with van der Waals surface area (Å²) in [5.41, 5.74) is 10.5. The van der Waals surface area contributed by atoms with Crippen molar-refractivity contribution >= 4 is 40.4 Å². The number of nitrogens with two attached hydrogens (primary N) is 1. The van der Waals surface area contributed by atoms with Gasteiger partial charge in [-0.3, -0.25) is 24.7 Å². The number of rotatable bonds is 11. The molecule has 2 aliphatic rings. The van der Waals surface area contributed by atoms with E-state index in [4.69, 9.17) is 15.5 Å². The first kappa shape index (κ1) is 30.3. The summed E-state index contributed by atoms with van der Waals surface area (Å²) in [6.07, 6.45) is 6.70. The smallest absolute Gasteiger partial charge is 0.269 e. The fourth-order valence-electron chi connectivity index (χ4n) is 5.08. The van der Waals surface area contributed by atoms with Gasteiger partial charge in [0.2, 0.25) is 0 Å². The number of amides is 1. The van der Waals surface area contributed by atoms with Gasteiger partial charge in [0.05, 0.1) is 11.4 Å². The quantitative estimate of drug-likeness (QED) is 0.239. The number of aliphatic imine (C=N–C) groups is 2. The van der Waals surface area contributed by atoms with Crippen LogP contribution in [-0.2, 0) is 11.4 Å². The lowest BCUT2D eigenvalue weighted by molar-refractivity contribution is -0.117. The van der Waals surface area contributed by atoms with E-state index >= 15 is 0 Å². The first-order chi connectivity index (χ1) is 20.7. The van der Waals surface area contributed by atoms with E-state index in [1.54, 1.807) is 12.3 Å². The number of carbonyl (C=O) groups excluding carboxylic acids is 1. The molecule has 1 saturated heterocycles. The normalized spacial score (nSPS) is 17.6. The number of carbonyl (C=O) groups is 1. The zero-order chi connectivity index (χ0) is 30.4. The number of allylic oxidation sites excluding steroid dienone is 1. The molecule has 224 valence electrons. The molecular weight excluding hydrogens is 543 g/mol. The summed E-state index contributed by atoms with van der Waals surface area (Å²) in [4.78, 5) is 28.4. The number of nitrogens with zero attached hydrogens (tertiary/aromatic N) is 4. The van der Waals surface area contributed by atoms with Crippen LogP contribution in [0.15, 0.2) is 76.5 Å². The van der Waals surface area contributed by atoms with Gasteiger partial charge in [0.15, 0.2) is 0 Å². The van der Waals surface area contributed by atoms with E-state index in [1.807, 2.05) is 35.2 Å². The summed E-state index contributed by atoms with van der Waals surface area (Å²) in [7, 11) is 0. The van der Waals surface area contributed by atoms with Crippen molar-refractivity contribution in [2.24, 2.45) is 21.1 Å². The number of aromatic nitrogens is 1. The van der Waals surface area contributed by atoms with E-state index in [1.165, 1.54) is 6.21 Å². The third-order valence-corrected chi connectivity index (χ3v) is 7.46. The van der Waals surface area contributed by atoms with Crippen LogP contribution in [0.25, 0.3) is 22.5 Å². The standard InChI is InChI=1S/C34H39FN6O2/c1-34(2,3)32-20-29(40-32)27-8-9-31(28-7-5-4-6-26(27)28)43-22-23-10-13-37-25(18-23)19-30(38-14-12-36)33(42)39-15-17-41-16-11-24(35)21-41/h4-10,13-14,18-20,24H,11-12,15-17,21-22,36H2,1-3H3,(H,39,42). The predicted octanol–water partition coefficient (Wildman–Crippen LogP) is 5.19. The molecule has 1 fully saturated rings. The lowest BCUT2D eigenvalue weighted by Crippen LogP contribution is -2.34. The third kappa shape index (κ3) is 7.60. The topological polar surface area (TPSA) is 105 Å². The second kappa shape index (κ2) is 13.4. The molecule has 43 heavy (non-hydrogen) atoms. The van der Waals surface area contributed by atoms with Crippen LogP contribution in [0.5, 0.6) is 5.75 Å². The van der Waals surface area contributed by atoms with Gasteiger partial charge in [0.25, 0.3) is 5.91 Å². The molecule has 3 heterocycles. The van der Waals surface area contributed by atoms with Crippen molar-refractivity contribution in [1.82, 2.24) is 15.2 Å². The van der Waals surface area contributed by atoms with Crippen LogP contribution >= 0.6 is 0 Å². The van der Waals surface area contributed by atoms with Gasteiger partial charge in [-0.25, -0.2) is 4.39 Å². The van der Waals surface area contributed by atoms with Gasteiger partial charge >= 0.3 is 0 Å². The molecule has 8 nitrogen and oxygen atoms in total. The fourth-order valence-corrected chi connectivity index (χ4v) is 5.08. The number of halogens is 1. The zero-order valence-electron chi connectivity index (χ0n) is 25.0. The van der Waals surface area contributed by atoms with Gasteiger partial charge in [-0.1, -0.05) is 45.0 Å².